The molecule has 0 aromatic carbocycles. The van der Waals surface area contributed by atoms with Crippen LogP contribution in [0.2, 0.25) is 0 Å². The van der Waals surface area contributed by atoms with Gasteiger partial charge in [-0.15, -0.1) is 17.5 Å². The number of H-pyrrole nitrogens is 1. The van der Waals surface area contributed by atoms with E-state index in [4.69, 9.17) is 32.9 Å². The zero-order valence-corrected chi connectivity index (χ0v) is 14.2. The number of phosphoric acid groups is 1. The Bertz CT molecular complexity index is 877. The number of thiol groups is 1. The van der Waals surface area contributed by atoms with Crippen molar-refractivity contribution in [1.29, 1.82) is 0 Å². The second-order valence-corrected chi connectivity index (χ2v) is 6.87. The molecule has 0 saturated carbocycles. The van der Waals surface area contributed by atoms with Crippen molar-refractivity contribution in [3.63, 3.8) is 0 Å². The molecule has 0 spiro atoms. The highest BCUT2D eigenvalue weighted by Gasteiger charge is 2.31. The molecule has 0 aliphatic carbocycles. The minimum absolute atomic E-state index is 0.0972. The zero-order chi connectivity index (χ0) is 17.6. The van der Waals surface area contributed by atoms with Gasteiger partial charge < -0.3 is 43.5 Å². The molecule has 1 aromatic heterocycles. The maximum Gasteiger partial charge on any atom is 0.469 e. The van der Waals surface area contributed by atoms with E-state index in [-0.39, 0.29) is 38.8 Å². The molecule has 0 amide bonds. The lowest BCUT2D eigenvalue weighted by Crippen LogP contribution is -2.34. The van der Waals surface area contributed by atoms with Gasteiger partial charge in [-0.2, -0.15) is 4.98 Å². The molecule has 11 nitrogen and oxygen atoms in total. The van der Waals surface area contributed by atoms with Crippen molar-refractivity contribution < 1.29 is 23.6 Å². The molecule has 2 aliphatic heterocycles. The quantitative estimate of drug-likeness (QED) is 0.202. The summed E-state index contributed by atoms with van der Waals surface area (Å²) >= 11 is 9.45. The molecule has 3 rings (SSSR count). The first-order valence-corrected chi connectivity index (χ1v) is 8.69. The number of hydrogen-bond donors (Lipinski definition) is 7. The minimum atomic E-state index is -4.68. The fourth-order valence-electron chi connectivity index (χ4n) is 2.05. The summed E-state index contributed by atoms with van der Waals surface area (Å²) in [6.45, 7) is -0.473. The van der Waals surface area contributed by atoms with Crippen LogP contribution in [0.3, 0.4) is 0 Å². The number of ether oxygens (including phenoxy) is 1. The van der Waals surface area contributed by atoms with Crippen LogP contribution in [-0.2, 0) is 26.5 Å². The van der Waals surface area contributed by atoms with Crippen molar-refractivity contribution in [2.75, 3.05) is 23.0 Å². The van der Waals surface area contributed by atoms with Gasteiger partial charge in [0.15, 0.2) is 11.9 Å². The maximum absolute atomic E-state index is 11.9. The fourth-order valence-corrected chi connectivity index (χ4v) is 2.89. The van der Waals surface area contributed by atoms with Gasteiger partial charge in [0.25, 0.3) is 5.56 Å². The normalized spacial score (nSPS) is 19.9. The van der Waals surface area contributed by atoms with Crippen LogP contribution in [0.1, 0.15) is 0 Å². The monoisotopic (exact) mass is 392 g/mol. The number of aromatic amines is 1. The Morgan fingerprint density at radius 2 is 2.17 bits per heavy atom. The Labute approximate surface area is 145 Å². The summed E-state index contributed by atoms with van der Waals surface area (Å²) in [5.41, 5.74) is 5.34. The van der Waals surface area contributed by atoms with Crippen molar-refractivity contribution in [3.8, 4) is 0 Å². The molecule has 1 atom stereocenters. The average molecular weight is 392 g/mol. The van der Waals surface area contributed by atoms with Crippen molar-refractivity contribution in [2.45, 2.75) is 6.10 Å². The number of hydrogen-bond acceptors (Lipinski definition) is 10. The Morgan fingerprint density at radius 1 is 1.46 bits per heavy atom. The molecular weight excluding hydrogens is 381 g/mol. The van der Waals surface area contributed by atoms with Gasteiger partial charge in [-0.25, -0.2) is 4.57 Å². The van der Waals surface area contributed by atoms with E-state index >= 15 is 0 Å². The van der Waals surface area contributed by atoms with Gasteiger partial charge in [-0.1, -0.05) is 0 Å². The number of aromatic nitrogens is 2. The molecule has 0 fully saturated rings. The lowest BCUT2D eigenvalue weighted by atomic mass is 10.2. The standard InChI is InChI=1S/C10H12N5O6PS2/c11-10-14-7-4(8(16)15-10)12-3-6(24)5(23)2(21-9(3)13-7)1-20-22(17,18)19/h2,12,23-24H,1H2,(H2,17,18,19)(H4,11,13,14,15,16)/p-1. The van der Waals surface area contributed by atoms with E-state index in [0.29, 0.717) is 0 Å². The molecule has 7 N–H and O–H groups in total. The number of rotatable bonds is 3. The molecule has 0 saturated heterocycles. The number of fused-ring (bicyclic) bond motifs is 1. The predicted molar refractivity (Wildman–Crippen MR) is 89.8 cm³/mol. The van der Waals surface area contributed by atoms with E-state index in [2.05, 4.69) is 37.8 Å². The molecule has 14 heteroatoms. The second-order valence-electron chi connectivity index (χ2n) is 4.74. The Morgan fingerprint density at radius 3 is 2.83 bits per heavy atom. The van der Waals surface area contributed by atoms with Crippen LogP contribution in [0.15, 0.2) is 26.2 Å². The van der Waals surface area contributed by atoms with E-state index in [1.54, 1.807) is 0 Å². The summed E-state index contributed by atoms with van der Waals surface area (Å²) in [6.07, 6.45) is -0.942. The van der Waals surface area contributed by atoms with Crippen LogP contribution in [0.5, 0.6) is 0 Å². The first-order chi connectivity index (χ1) is 11.2. The molecule has 1 unspecified atom stereocenters. The molecule has 3 heterocycles. The van der Waals surface area contributed by atoms with E-state index in [9.17, 15) is 9.36 Å². The van der Waals surface area contributed by atoms with E-state index < -0.39 is 26.1 Å². The van der Waals surface area contributed by atoms with Crippen LogP contribution in [-0.4, -0.2) is 32.5 Å². The number of nitrogen functional groups attached to an aromatic ring is 1. The van der Waals surface area contributed by atoms with Crippen LogP contribution < -0.4 is 21.9 Å². The highest BCUT2D eigenvalue weighted by atomic mass is 32.1. The Kier molecular flexibility index (Phi) is 4.23. The third-order valence-corrected chi connectivity index (χ3v) is 4.64. The van der Waals surface area contributed by atoms with Gasteiger partial charge in [0, 0.05) is 4.91 Å². The molecule has 2 aliphatic rings. The smallest absolute Gasteiger partial charge is 0.469 e. The fraction of sp³-hybridized carbons (Fsp3) is 0.200. The highest BCUT2D eigenvalue weighted by molar-refractivity contribution is 7.85. The molecule has 24 heavy (non-hydrogen) atoms. The number of anilines is 3. The number of nitrogens with two attached hydrogens (primary N) is 1. The molecule has 130 valence electrons. The molecule has 1 aromatic rings. The highest BCUT2D eigenvalue weighted by Crippen LogP contribution is 2.40. The molecule has 0 radical (unpaired) electrons. The summed E-state index contributed by atoms with van der Waals surface area (Å²) in [5, 5.41) is 5.55. The van der Waals surface area contributed by atoms with E-state index in [0.717, 1.165) is 0 Å². The van der Waals surface area contributed by atoms with Crippen LogP contribution in [0.4, 0.5) is 17.5 Å². The second kappa shape index (κ2) is 5.95. The summed E-state index contributed by atoms with van der Waals surface area (Å²) in [5.74, 6) is 0.135. The van der Waals surface area contributed by atoms with Crippen molar-refractivity contribution in [3.05, 3.63) is 31.7 Å². The number of phosphoric ester groups is 1. The average Bonchev–Trinajstić information content (AvgIpc) is 2.47. The third-order valence-electron chi connectivity index (χ3n) is 3.07. The predicted octanol–water partition coefficient (Wildman–Crippen LogP) is -0.445. The van der Waals surface area contributed by atoms with Crippen LogP contribution in [0.25, 0.3) is 0 Å². The van der Waals surface area contributed by atoms with Gasteiger partial charge in [-0.3, -0.25) is 14.3 Å². The number of nitrogens with zero attached hydrogens (tertiary/aromatic N) is 1. The summed E-state index contributed by atoms with van der Waals surface area (Å²) < 4.78 is 20.8. The Hall–Kier alpha value is -1.76. The lowest BCUT2D eigenvalue weighted by Gasteiger charge is -2.36. The van der Waals surface area contributed by atoms with Gasteiger partial charge >= 0.3 is 7.82 Å². The van der Waals surface area contributed by atoms with E-state index in [1.807, 2.05) is 0 Å². The Balaban J connectivity index is 1.91. The zero-order valence-electron chi connectivity index (χ0n) is 11.6. The van der Waals surface area contributed by atoms with Crippen LogP contribution >= 0.6 is 20.5 Å². The van der Waals surface area contributed by atoms with Crippen molar-refractivity contribution >= 4 is 50.5 Å². The van der Waals surface area contributed by atoms with Gasteiger partial charge in [-0.05, 0) is 0 Å². The topological polar surface area (TPSA) is 172 Å². The largest absolute Gasteiger partial charge is 0.777 e. The SMILES string of the molecule is Nc1nc2c(c(=O)[nH]1)NC1=C(N2)OC(COP(=O)(O)O)C(S)=C1[S-]. The van der Waals surface area contributed by atoms with Gasteiger partial charge in [0.2, 0.25) is 11.8 Å². The molecule has 0 bridgehead atoms. The van der Waals surface area contributed by atoms with Crippen molar-refractivity contribution in [2.24, 2.45) is 0 Å². The molecular formula is C10H11N5O6PS2-. The lowest BCUT2D eigenvalue weighted by molar-refractivity contribution is 0.0793. The van der Waals surface area contributed by atoms with Gasteiger partial charge in [0.05, 0.1) is 5.70 Å². The first-order valence-electron chi connectivity index (χ1n) is 6.31. The maximum atomic E-state index is 11.9. The number of nitrogens with one attached hydrogen (secondary N) is 3. The van der Waals surface area contributed by atoms with Gasteiger partial charge in [0.1, 0.15) is 12.3 Å². The summed E-state index contributed by atoms with van der Waals surface area (Å²) in [6, 6.07) is 0. The van der Waals surface area contributed by atoms with E-state index in [1.165, 1.54) is 0 Å². The minimum Gasteiger partial charge on any atom is -0.777 e. The summed E-state index contributed by atoms with van der Waals surface area (Å²) in [7, 11) is -4.68. The van der Waals surface area contributed by atoms with Crippen molar-refractivity contribution in [1.82, 2.24) is 9.97 Å². The summed E-state index contributed by atoms with van der Waals surface area (Å²) in [4.78, 5) is 36.2. The first kappa shape index (κ1) is 17.1. The van der Waals surface area contributed by atoms with Crippen LogP contribution in [0, 0.1) is 0 Å². The third kappa shape index (κ3) is 3.22.